The largest absolute Gasteiger partial charge is 0.573 e. The fourth-order valence-corrected chi connectivity index (χ4v) is 4.35. The molecule has 0 saturated carbocycles. The molecule has 0 aliphatic heterocycles. The van der Waals surface area contributed by atoms with Crippen LogP contribution in [-0.4, -0.2) is 29.0 Å². The van der Waals surface area contributed by atoms with Gasteiger partial charge in [0.1, 0.15) is 28.9 Å². The number of ether oxygens (including phenoxy) is 3. The molecule has 0 aliphatic carbocycles. The van der Waals surface area contributed by atoms with E-state index in [0.29, 0.717) is 32.5 Å². The summed E-state index contributed by atoms with van der Waals surface area (Å²) in [4.78, 5) is 15.6. The number of aliphatic carboxylic acids is 1. The van der Waals surface area contributed by atoms with Gasteiger partial charge in [-0.15, -0.1) is 24.5 Å². The summed E-state index contributed by atoms with van der Waals surface area (Å²) in [6, 6.07) is 9.03. The van der Waals surface area contributed by atoms with Crippen molar-refractivity contribution in [3.8, 4) is 22.8 Å². The Morgan fingerprint density at radius 1 is 1.05 bits per heavy atom. The zero-order valence-electron chi connectivity index (χ0n) is 21.6. The van der Waals surface area contributed by atoms with E-state index in [1.807, 2.05) is 0 Å². The second-order valence-electron chi connectivity index (χ2n) is 8.36. The topological polar surface area (TPSA) is 77.9 Å². The molecule has 218 valence electrons. The Morgan fingerprint density at radius 3 is 2.29 bits per heavy atom. The summed E-state index contributed by atoms with van der Waals surface area (Å²) in [5.74, 6) is -0.828. The van der Waals surface area contributed by atoms with Crippen molar-refractivity contribution in [2.24, 2.45) is 0 Å². The van der Waals surface area contributed by atoms with Gasteiger partial charge in [-0.1, -0.05) is 24.8 Å². The lowest BCUT2D eigenvalue weighted by Crippen LogP contribution is -2.11. The second-order valence-corrected chi connectivity index (χ2v) is 9.44. The molecule has 3 rings (SSSR count). The third-order valence-electron chi connectivity index (χ3n) is 5.28. The molecule has 0 spiro atoms. The summed E-state index contributed by atoms with van der Waals surface area (Å²) in [5.41, 5.74) is 0.606. The Hall–Kier alpha value is -4.26. The highest BCUT2D eigenvalue weighted by atomic mass is 32.1. The molecule has 3 aromatic rings. The molecule has 6 nitrogen and oxygen atoms in total. The third kappa shape index (κ3) is 9.13. The van der Waals surface area contributed by atoms with Gasteiger partial charge in [0.15, 0.2) is 6.61 Å². The molecule has 0 unspecified atom stereocenters. The van der Waals surface area contributed by atoms with Gasteiger partial charge in [0.2, 0.25) is 0 Å². The predicted octanol–water partition coefficient (Wildman–Crippen LogP) is 8.19. The molecule has 0 fully saturated rings. The van der Waals surface area contributed by atoms with Crippen LogP contribution in [0.2, 0.25) is 0 Å². The minimum Gasteiger partial charge on any atom is -0.486 e. The lowest BCUT2D eigenvalue weighted by atomic mass is 10.1. The minimum atomic E-state index is -4.90. The van der Waals surface area contributed by atoms with E-state index in [-0.39, 0.29) is 17.9 Å². The highest BCUT2D eigenvalue weighted by Gasteiger charge is 2.31. The van der Waals surface area contributed by atoms with Crippen LogP contribution in [0.3, 0.4) is 0 Å². The second kappa shape index (κ2) is 12.9. The molecule has 0 bridgehead atoms. The number of aryl methyl sites for hydroxylation is 1. The molecular weight excluding hydrogens is 576 g/mol. The maximum absolute atomic E-state index is 13.1. The SMILES string of the molecule is C=C(/C=C\C(=C/C)OC(F)(F)F)c1sc(COc2ccc(OCC(=O)O)c(C)c2)nc1-c1ccc(C(F)(F)F)cc1. The highest BCUT2D eigenvalue weighted by molar-refractivity contribution is 7.13. The van der Waals surface area contributed by atoms with E-state index in [1.165, 1.54) is 25.1 Å². The standard InChI is InChI=1S/C28H23F6NO5S/c1-4-20(40-28(32,33)34)10-5-16(2)26-25(18-6-8-19(9-7-18)27(29,30)31)35-23(41-26)14-38-21-11-12-22(17(3)13-21)39-15-24(36)37/h4-13H,2,14-15H2,1,3H3,(H,36,37)/b10-5-,20-4+. The minimum absolute atomic E-state index is 0.0542. The van der Waals surface area contributed by atoms with Crippen LogP contribution in [-0.2, 0) is 22.3 Å². The van der Waals surface area contributed by atoms with E-state index in [0.717, 1.165) is 35.6 Å². The van der Waals surface area contributed by atoms with Gasteiger partial charge in [0.25, 0.3) is 0 Å². The third-order valence-corrected chi connectivity index (χ3v) is 6.38. The van der Waals surface area contributed by atoms with Crippen molar-refractivity contribution in [1.82, 2.24) is 4.98 Å². The fourth-order valence-electron chi connectivity index (χ4n) is 3.40. The number of allylic oxidation sites excluding steroid dienone is 4. The van der Waals surface area contributed by atoms with E-state index in [1.54, 1.807) is 25.1 Å². The molecule has 1 aromatic heterocycles. The van der Waals surface area contributed by atoms with Crippen molar-refractivity contribution in [1.29, 1.82) is 0 Å². The van der Waals surface area contributed by atoms with E-state index >= 15 is 0 Å². The number of nitrogens with zero attached hydrogens (tertiary/aromatic N) is 1. The van der Waals surface area contributed by atoms with Gasteiger partial charge >= 0.3 is 18.5 Å². The number of benzene rings is 2. The van der Waals surface area contributed by atoms with Crippen LogP contribution >= 0.6 is 11.3 Å². The average Bonchev–Trinajstić information content (AvgIpc) is 3.32. The normalized spacial score (nSPS) is 12.4. The van der Waals surface area contributed by atoms with Crippen molar-refractivity contribution < 1.29 is 50.5 Å². The number of aromatic nitrogens is 1. The molecule has 1 heterocycles. The van der Waals surface area contributed by atoms with Crippen molar-refractivity contribution in [3.63, 3.8) is 0 Å². The number of carboxylic acids is 1. The van der Waals surface area contributed by atoms with Gasteiger partial charge in [-0.25, -0.2) is 9.78 Å². The number of hydrogen-bond acceptors (Lipinski definition) is 6. The number of hydrogen-bond donors (Lipinski definition) is 1. The van der Waals surface area contributed by atoms with E-state index in [2.05, 4.69) is 16.3 Å². The zero-order chi connectivity index (χ0) is 30.4. The van der Waals surface area contributed by atoms with Gasteiger partial charge in [0.05, 0.1) is 16.1 Å². The number of thiazole rings is 1. The summed E-state index contributed by atoms with van der Waals surface area (Å²) in [6.07, 6.45) is -5.97. The van der Waals surface area contributed by atoms with Crippen LogP contribution in [0.4, 0.5) is 26.3 Å². The molecule has 0 amide bonds. The van der Waals surface area contributed by atoms with Crippen LogP contribution < -0.4 is 9.47 Å². The van der Waals surface area contributed by atoms with Gasteiger partial charge in [-0.2, -0.15) is 13.2 Å². The van der Waals surface area contributed by atoms with Gasteiger partial charge < -0.3 is 19.3 Å². The quantitative estimate of drug-likeness (QED) is 0.136. The molecule has 0 atom stereocenters. The molecule has 0 radical (unpaired) electrons. The summed E-state index contributed by atoms with van der Waals surface area (Å²) >= 11 is 1.10. The number of rotatable bonds is 11. The highest BCUT2D eigenvalue weighted by Crippen LogP contribution is 2.37. The molecular formula is C28H23F6NO5S. The zero-order valence-corrected chi connectivity index (χ0v) is 22.4. The summed E-state index contributed by atoms with van der Waals surface area (Å²) in [5, 5.41) is 9.18. The van der Waals surface area contributed by atoms with Crippen molar-refractivity contribution in [2.75, 3.05) is 6.61 Å². The van der Waals surface area contributed by atoms with Crippen molar-refractivity contribution >= 4 is 22.9 Å². The Balaban J connectivity index is 1.88. The van der Waals surface area contributed by atoms with Crippen LogP contribution in [0.25, 0.3) is 16.8 Å². The van der Waals surface area contributed by atoms with E-state index in [9.17, 15) is 31.1 Å². The smallest absolute Gasteiger partial charge is 0.486 e. The van der Waals surface area contributed by atoms with Gasteiger partial charge in [-0.3, -0.25) is 0 Å². The fraction of sp³-hybridized carbons (Fsp3) is 0.214. The maximum atomic E-state index is 13.1. The lowest BCUT2D eigenvalue weighted by molar-refractivity contribution is -0.303. The Kier molecular flexibility index (Phi) is 9.87. The monoisotopic (exact) mass is 599 g/mol. The molecule has 13 heteroatoms. The summed E-state index contributed by atoms with van der Waals surface area (Å²) < 4.78 is 92.0. The van der Waals surface area contributed by atoms with Gasteiger partial charge in [0, 0.05) is 5.56 Å². The predicted molar refractivity (Wildman–Crippen MR) is 140 cm³/mol. The number of halogens is 6. The molecule has 2 aromatic carbocycles. The lowest BCUT2D eigenvalue weighted by Gasteiger charge is -2.09. The van der Waals surface area contributed by atoms with E-state index in [4.69, 9.17) is 14.6 Å². The van der Waals surface area contributed by atoms with Crippen molar-refractivity contribution in [3.05, 3.63) is 94.0 Å². The Bertz CT molecular complexity index is 1460. The first-order valence-corrected chi connectivity index (χ1v) is 12.5. The first kappa shape index (κ1) is 31.3. The summed E-state index contributed by atoms with van der Waals surface area (Å²) in [7, 11) is 0. The number of carbonyl (C=O) groups is 1. The van der Waals surface area contributed by atoms with Crippen LogP contribution in [0, 0.1) is 6.92 Å². The molecule has 41 heavy (non-hydrogen) atoms. The van der Waals surface area contributed by atoms with Crippen LogP contribution in [0.5, 0.6) is 11.5 Å². The number of carboxylic acid groups (broad SMARTS) is 1. The van der Waals surface area contributed by atoms with Crippen LogP contribution in [0.1, 0.15) is 27.9 Å². The maximum Gasteiger partial charge on any atom is 0.573 e. The Morgan fingerprint density at radius 2 is 1.73 bits per heavy atom. The Labute approximate surface area is 234 Å². The molecule has 1 N–H and O–H groups in total. The van der Waals surface area contributed by atoms with Gasteiger partial charge in [-0.05, 0) is 67.5 Å². The summed E-state index contributed by atoms with van der Waals surface area (Å²) in [6.45, 7) is 6.39. The average molecular weight is 600 g/mol. The first-order valence-electron chi connectivity index (χ1n) is 11.7. The molecule has 0 saturated heterocycles. The van der Waals surface area contributed by atoms with Crippen LogP contribution in [0.15, 0.2) is 73.0 Å². The number of alkyl halides is 6. The molecule has 0 aliphatic rings. The first-order chi connectivity index (χ1) is 19.2. The van der Waals surface area contributed by atoms with E-state index < -0.39 is 36.4 Å². The van der Waals surface area contributed by atoms with Crippen molar-refractivity contribution in [2.45, 2.75) is 33.0 Å².